The fourth-order valence-electron chi connectivity index (χ4n) is 4.09. The monoisotopic (exact) mass is 442 g/mol. The molecule has 0 spiro atoms. The van der Waals surface area contributed by atoms with Gasteiger partial charge in [0.2, 0.25) is 0 Å². The lowest BCUT2D eigenvalue weighted by Crippen LogP contribution is -2.33. The van der Waals surface area contributed by atoms with Gasteiger partial charge in [0, 0.05) is 29.7 Å². The molecule has 2 aliphatic heterocycles. The number of carboxylic acid groups (broad SMARTS) is 1. The Labute approximate surface area is 189 Å². The van der Waals surface area contributed by atoms with Crippen LogP contribution < -0.4 is 16.1 Å². The number of fused-ring (bicyclic) bond motifs is 2. The average Bonchev–Trinajstić information content (AvgIpc) is 3.27. The summed E-state index contributed by atoms with van der Waals surface area (Å²) < 4.78 is 6.24. The van der Waals surface area contributed by atoms with Gasteiger partial charge in [-0.2, -0.15) is 5.10 Å². The van der Waals surface area contributed by atoms with Gasteiger partial charge >= 0.3 is 5.97 Å². The number of carbonyl (C=O) groups is 1. The number of allylic oxidation sites excluding steroid dienone is 1. The molecule has 0 saturated heterocycles. The van der Waals surface area contributed by atoms with Crippen LogP contribution in [0.4, 0.5) is 5.69 Å². The lowest BCUT2D eigenvalue weighted by molar-refractivity contribution is 0.0698. The van der Waals surface area contributed by atoms with E-state index >= 15 is 0 Å². The van der Waals surface area contributed by atoms with Crippen LogP contribution in [0.3, 0.4) is 0 Å². The molecular formula is C25H22N4O4. The van der Waals surface area contributed by atoms with Crippen LogP contribution in [0.25, 0.3) is 11.0 Å². The Balaban J connectivity index is 1.59. The number of para-hydroxylation sites is 1. The maximum absolute atomic E-state index is 13.0. The molecule has 3 aromatic rings. The molecule has 8 nitrogen and oxygen atoms in total. The summed E-state index contributed by atoms with van der Waals surface area (Å²) in [6.45, 7) is 3.82. The zero-order chi connectivity index (χ0) is 23.1. The van der Waals surface area contributed by atoms with Crippen molar-refractivity contribution in [2.45, 2.75) is 26.1 Å². The minimum atomic E-state index is -1.01. The second-order valence-electron chi connectivity index (χ2n) is 8.07. The summed E-state index contributed by atoms with van der Waals surface area (Å²) in [5, 5.41) is 22.7. The van der Waals surface area contributed by atoms with E-state index in [1.807, 2.05) is 38.3 Å². The summed E-state index contributed by atoms with van der Waals surface area (Å²) in [5.74, 6) is -0.648. The van der Waals surface area contributed by atoms with E-state index in [0.29, 0.717) is 28.1 Å². The molecule has 1 aromatic heterocycles. The van der Waals surface area contributed by atoms with E-state index in [1.54, 1.807) is 41.5 Å². The fourth-order valence-corrected chi connectivity index (χ4v) is 4.09. The standard InChI is InChI=1S/C25H22N4O4/c1-14-11-17(15(2)27-19-6-4-3-5-16(19)25(31)32)24-18(12-14)21(30)13-22(33-24)20-7-8-23-26-9-10-29(23)28-20/h3-13,15,23,26-27H,1-2H3,(H,31,32). The maximum atomic E-state index is 13.0. The third kappa shape index (κ3) is 3.76. The Hall–Kier alpha value is -4.33. The Kier molecular flexibility index (Phi) is 4.97. The predicted octanol–water partition coefficient (Wildman–Crippen LogP) is 3.95. The second kappa shape index (κ2) is 7.98. The van der Waals surface area contributed by atoms with Crippen LogP contribution in [-0.4, -0.2) is 28.0 Å². The Morgan fingerprint density at radius 1 is 1.27 bits per heavy atom. The van der Waals surface area contributed by atoms with Crippen molar-refractivity contribution in [1.82, 2.24) is 10.3 Å². The number of hydrogen-bond donors (Lipinski definition) is 3. The molecule has 2 aromatic carbocycles. The predicted molar refractivity (Wildman–Crippen MR) is 126 cm³/mol. The lowest BCUT2D eigenvalue weighted by Gasteiger charge is -2.22. The van der Waals surface area contributed by atoms with E-state index in [0.717, 1.165) is 11.1 Å². The summed E-state index contributed by atoms with van der Waals surface area (Å²) in [7, 11) is 0. The van der Waals surface area contributed by atoms with Crippen molar-refractivity contribution in [3.8, 4) is 0 Å². The SMILES string of the molecule is Cc1cc(C(C)Nc2ccccc2C(=O)O)c2oc(C3=NN4C=CNC4C=C3)cc(=O)c2c1. The van der Waals surface area contributed by atoms with Gasteiger partial charge in [0.15, 0.2) is 11.2 Å². The highest BCUT2D eigenvalue weighted by Gasteiger charge is 2.23. The molecule has 166 valence electrons. The summed E-state index contributed by atoms with van der Waals surface area (Å²) >= 11 is 0. The maximum Gasteiger partial charge on any atom is 0.337 e. The molecular weight excluding hydrogens is 420 g/mol. The number of aryl methyl sites for hydroxylation is 1. The number of carboxylic acids is 1. The Morgan fingerprint density at radius 3 is 2.91 bits per heavy atom. The third-order valence-electron chi connectivity index (χ3n) is 5.69. The minimum Gasteiger partial charge on any atom is -0.478 e. The first-order chi connectivity index (χ1) is 15.9. The van der Waals surface area contributed by atoms with Gasteiger partial charge in [-0.1, -0.05) is 18.2 Å². The van der Waals surface area contributed by atoms with Crippen molar-refractivity contribution >= 4 is 28.3 Å². The molecule has 0 radical (unpaired) electrons. The van der Waals surface area contributed by atoms with Crippen LogP contribution in [0.2, 0.25) is 0 Å². The molecule has 33 heavy (non-hydrogen) atoms. The first kappa shape index (κ1) is 20.6. The smallest absolute Gasteiger partial charge is 0.337 e. The van der Waals surface area contributed by atoms with Crippen LogP contribution in [0.1, 0.15) is 40.2 Å². The number of nitrogens with zero attached hydrogens (tertiary/aromatic N) is 2. The van der Waals surface area contributed by atoms with Crippen LogP contribution >= 0.6 is 0 Å². The Bertz CT molecular complexity index is 1420. The van der Waals surface area contributed by atoms with E-state index in [1.165, 1.54) is 6.07 Å². The largest absolute Gasteiger partial charge is 0.478 e. The molecule has 0 saturated carbocycles. The van der Waals surface area contributed by atoms with Crippen molar-refractivity contribution < 1.29 is 14.3 Å². The van der Waals surface area contributed by atoms with Gasteiger partial charge in [-0.25, -0.2) is 9.80 Å². The van der Waals surface area contributed by atoms with E-state index in [-0.39, 0.29) is 23.2 Å². The first-order valence-electron chi connectivity index (χ1n) is 10.6. The van der Waals surface area contributed by atoms with Crippen LogP contribution in [0, 0.1) is 6.92 Å². The van der Waals surface area contributed by atoms with Crippen molar-refractivity contribution in [3.63, 3.8) is 0 Å². The van der Waals surface area contributed by atoms with Crippen molar-refractivity contribution in [2.75, 3.05) is 5.32 Å². The zero-order valence-electron chi connectivity index (χ0n) is 18.1. The second-order valence-corrected chi connectivity index (χ2v) is 8.07. The minimum absolute atomic E-state index is 0.0438. The first-order valence-corrected chi connectivity index (χ1v) is 10.6. The molecule has 0 amide bonds. The molecule has 0 fully saturated rings. The summed E-state index contributed by atoms with van der Waals surface area (Å²) in [6, 6.07) is 11.6. The summed E-state index contributed by atoms with van der Waals surface area (Å²) in [4.78, 5) is 24.6. The zero-order valence-corrected chi connectivity index (χ0v) is 18.1. The quantitative estimate of drug-likeness (QED) is 0.549. The molecule has 3 N–H and O–H groups in total. The van der Waals surface area contributed by atoms with Gasteiger partial charge in [-0.15, -0.1) is 0 Å². The molecule has 2 unspecified atom stereocenters. The van der Waals surface area contributed by atoms with E-state index in [2.05, 4.69) is 15.7 Å². The van der Waals surface area contributed by atoms with E-state index in [9.17, 15) is 14.7 Å². The number of rotatable bonds is 5. The highest BCUT2D eigenvalue weighted by atomic mass is 16.4. The number of benzene rings is 2. The van der Waals surface area contributed by atoms with E-state index in [4.69, 9.17) is 4.42 Å². The Morgan fingerprint density at radius 2 is 2.09 bits per heavy atom. The van der Waals surface area contributed by atoms with Gasteiger partial charge in [0.25, 0.3) is 0 Å². The van der Waals surface area contributed by atoms with Crippen molar-refractivity contribution in [3.05, 3.63) is 99.7 Å². The number of anilines is 1. The lowest BCUT2D eigenvalue weighted by atomic mass is 10.0. The molecule has 3 heterocycles. The average molecular weight is 442 g/mol. The fraction of sp³-hybridized carbons (Fsp3) is 0.160. The van der Waals surface area contributed by atoms with Gasteiger partial charge < -0.3 is 20.2 Å². The number of aromatic carboxylic acids is 1. The van der Waals surface area contributed by atoms with Crippen LogP contribution in [0.5, 0.6) is 0 Å². The number of nitrogens with one attached hydrogen (secondary N) is 2. The number of hydrogen-bond acceptors (Lipinski definition) is 7. The van der Waals surface area contributed by atoms with Crippen LogP contribution in [-0.2, 0) is 0 Å². The molecule has 2 aliphatic rings. The van der Waals surface area contributed by atoms with Crippen molar-refractivity contribution in [1.29, 1.82) is 0 Å². The van der Waals surface area contributed by atoms with Gasteiger partial charge in [-0.3, -0.25) is 4.79 Å². The van der Waals surface area contributed by atoms with Gasteiger partial charge in [-0.05, 0) is 49.8 Å². The molecule has 8 heteroatoms. The van der Waals surface area contributed by atoms with Gasteiger partial charge in [0.1, 0.15) is 17.5 Å². The topological polar surface area (TPSA) is 107 Å². The van der Waals surface area contributed by atoms with Gasteiger partial charge in [0.05, 0.1) is 17.0 Å². The third-order valence-corrected chi connectivity index (χ3v) is 5.69. The molecule has 2 atom stereocenters. The number of hydrazone groups is 1. The highest BCUT2D eigenvalue weighted by molar-refractivity contribution is 6.07. The molecule has 0 bridgehead atoms. The van der Waals surface area contributed by atoms with Crippen LogP contribution in [0.15, 0.2) is 81.3 Å². The molecule has 0 aliphatic carbocycles. The van der Waals surface area contributed by atoms with E-state index < -0.39 is 5.97 Å². The van der Waals surface area contributed by atoms with Crippen molar-refractivity contribution in [2.24, 2.45) is 5.10 Å². The normalized spacial score (nSPS) is 17.5. The summed E-state index contributed by atoms with van der Waals surface area (Å²) in [6.07, 6.45) is 7.34. The summed E-state index contributed by atoms with van der Waals surface area (Å²) in [5.41, 5.74) is 3.15. The molecule has 5 rings (SSSR count). The highest BCUT2D eigenvalue weighted by Crippen LogP contribution is 2.29.